The molecule has 144 valence electrons. The van der Waals surface area contributed by atoms with Crippen LogP contribution in [0.4, 0.5) is 0 Å². The first-order chi connectivity index (χ1) is 12.9. The highest BCUT2D eigenvalue weighted by molar-refractivity contribution is 7.12. The molecule has 7 heteroatoms. The third kappa shape index (κ3) is 3.87. The number of carbonyl (C=O) groups excluding carboxylic acids is 1. The van der Waals surface area contributed by atoms with Gasteiger partial charge in [-0.3, -0.25) is 9.69 Å². The number of carbonyl (C=O) groups is 1. The fraction of sp³-hybridized carbons (Fsp3) is 0.500. The van der Waals surface area contributed by atoms with Crippen molar-refractivity contribution >= 4 is 34.3 Å². The minimum absolute atomic E-state index is 0.0103. The van der Waals surface area contributed by atoms with E-state index in [1.54, 1.807) is 27.7 Å². The summed E-state index contributed by atoms with van der Waals surface area (Å²) in [6.07, 6.45) is 2.69. The average Bonchev–Trinajstić information content (AvgIpc) is 3.38. The molecule has 2 aliphatic heterocycles. The van der Waals surface area contributed by atoms with E-state index in [1.165, 1.54) is 4.88 Å². The zero-order chi connectivity index (χ0) is 19.0. The summed E-state index contributed by atoms with van der Waals surface area (Å²) in [6, 6.07) is 8.18. The average molecular weight is 404 g/mol. The molecule has 2 aromatic rings. The molecule has 2 atom stereocenters. The van der Waals surface area contributed by atoms with Crippen LogP contribution in [-0.4, -0.2) is 51.4 Å². The highest BCUT2D eigenvalue weighted by Crippen LogP contribution is 2.36. The van der Waals surface area contributed by atoms with Crippen LogP contribution in [0.2, 0.25) is 0 Å². The second-order valence-electron chi connectivity index (χ2n) is 7.78. The Bertz CT molecular complexity index is 809. The van der Waals surface area contributed by atoms with Crippen LogP contribution in [0, 0.1) is 0 Å². The van der Waals surface area contributed by atoms with Gasteiger partial charge in [0.1, 0.15) is 0 Å². The van der Waals surface area contributed by atoms with Crippen molar-refractivity contribution in [1.82, 2.24) is 9.91 Å². The first-order valence-corrected chi connectivity index (χ1v) is 11.1. The van der Waals surface area contributed by atoms with E-state index in [-0.39, 0.29) is 18.0 Å². The predicted octanol–water partition coefficient (Wildman–Crippen LogP) is 3.72. The second-order valence-corrected chi connectivity index (χ2v) is 9.71. The Morgan fingerprint density at radius 2 is 2.07 bits per heavy atom. The summed E-state index contributed by atoms with van der Waals surface area (Å²) in [5.41, 5.74) is 0.178. The minimum atomic E-state index is -0.805. The number of thiophene rings is 2. The van der Waals surface area contributed by atoms with Crippen molar-refractivity contribution < 1.29 is 9.90 Å². The summed E-state index contributed by atoms with van der Waals surface area (Å²) < 4.78 is 0. The number of hydrogen-bond acceptors (Lipinski definition) is 6. The Kier molecular flexibility index (Phi) is 5.20. The molecular formula is C20H25N3O2S2. The number of hydrogen-bond donors (Lipinski definition) is 1. The third-order valence-electron chi connectivity index (χ3n) is 5.36. The van der Waals surface area contributed by atoms with Gasteiger partial charge in [0.15, 0.2) is 0 Å². The monoisotopic (exact) mass is 403 g/mol. The van der Waals surface area contributed by atoms with E-state index in [2.05, 4.69) is 17.0 Å². The van der Waals surface area contributed by atoms with Crippen LogP contribution in [0.5, 0.6) is 0 Å². The van der Waals surface area contributed by atoms with Crippen molar-refractivity contribution in [2.75, 3.05) is 13.1 Å². The minimum Gasteiger partial charge on any atom is -0.389 e. The quantitative estimate of drug-likeness (QED) is 0.828. The standard InChI is InChI=1S/C20H25N3O2S2/c1-20(2,25)18-8-3-9-22(18)13-19(24)23-15(17-7-5-11-27-17)12-14(21-23)16-6-4-10-26-16/h4-7,10-11,15,18,25H,3,8-9,12-13H2,1-2H3/t15-,18-/m0/s1. The summed E-state index contributed by atoms with van der Waals surface area (Å²) in [5.74, 6) is 0.0103. The molecule has 0 saturated carbocycles. The highest BCUT2D eigenvalue weighted by Gasteiger charge is 2.39. The predicted molar refractivity (Wildman–Crippen MR) is 110 cm³/mol. The normalized spacial score (nSPS) is 23.8. The zero-order valence-corrected chi connectivity index (χ0v) is 17.3. The van der Waals surface area contributed by atoms with Crippen LogP contribution in [0.1, 0.15) is 48.9 Å². The lowest BCUT2D eigenvalue weighted by Crippen LogP contribution is -2.49. The maximum atomic E-state index is 13.2. The molecule has 0 aromatic carbocycles. The van der Waals surface area contributed by atoms with Gasteiger partial charge in [-0.05, 0) is 56.1 Å². The van der Waals surface area contributed by atoms with Gasteiger partial charge in [-0.15, -0.1) is 22.7 Å². The molecule has 0 spiro atoms. The van der Waals surface area contributed by atoms with Crippen molar-refractivity contribution in [3.05, 3.63) is 44.8 Å². The lowest BCUT2D eigenvalue weighted by Gasteiger charge is -2.34. The topological polar surface area (TPSA) is 56.1 Å². The number of likely N-dealkylation sites (tertiary alicyclic amines) is 1. The second kappa shape index (κ2) is 7.47. The SMILES string of the molecule is CC(C)(O)[C@@H]1CCCN1CC(=O)N1N=C(c2cccs2)C[C@H]1c1cccs1. The molecule has 5 nitrogen and oxygen atoms in total. The molecule has 2 aliphatic rings. The van der Waals surface area contributed by atoms with Crippen molar-refractivity contribution in [3.8, 4) is 0 Å². The van der Waals surface area contributed by atoms with Crippen LogP contribution in [-0.2, 0) is 4.79 Å². The van der Waals surface area contributed by atoms with Gasteiger partial charge in [0.05, 0.1) is 28.8 Å². The molecule has 0 bridgehead atoms. The van der Waals surface area contributed by atoms with E-state index >= 15 is 0 Å². The molecule has 1 N–H and O–H groups in total. The van der Waals surface area contributed by atoms with E-state index in [4.69, 9.17) is 5.10 Å². The van der Waals surface area contributed by atoms with Gasteiger partial charge in [-0.2, -0.15) is 5.10 Å². The molecule has 4 heterocycles. The maximum Gasteiger partial charge on any atom is 0.257 e. The van der Waals surface area contributed by atoms with Crippen molar-refractivity contribution in [2.45, 2.75) is 50.8 Å². The van der Waals surface area contributed by atoms with Crippen LogP contribution in [0.25, 0.3) is 0 Å². The number of hydrazone groups is 1. The maximum absolute atomic E-state index is 13.2. The lowest BCUT2D eigenvalue weighted by molar-refractivity contribution is -0.135. The molecule has 1 amide bonds. The molecule has 0 unspecified atom stereocenters. The smallest absolute Gasteiger partial charge is 0.257 e. The Morgan fingerprint density at radius 3 is 2.74 bits per heavy atom. The molecule has 1 fully saturated rings. The molecule has 0 radical (unpaired) electrons. The molecule has 4 rings (SSSR count). The van der Waals surface area contributed by atoms with Crippen molar-refractivity contribution in [2.24, 2.45) is 5.10 Å². The number of nitrogens with zero attached hydrogens (tertiary/aromatic N) is 3. The summed E-state index contributed by atoms with van der Waals surface area (Å²) in [5, 5.41) is 20.9. The van der Waals surface area contributed by atoms with Gasteiger partial charge in [0.25, 0.3) is 5.91 Å². The van der Waals surface area contributed by atoms with E-state index < -0.39 is 5.60 Å². The van der Waals surface area contributed by atoms with E-state index in [9.17, 15) is 9.90 Å². The van der Waals surface area contributed by atoms with E-state index in [1.807, 2.05) is 36.7 Å². The first kappa shape index (κ1) is 18.8. The third-order valence-corrected chi connectivity index (χ3v) is 7.25. The van der Waals surface area contributed by atoms with E-state index in [0.29, 0.717) is 6.54 Å². The number of amides is 1. The molecule has 1 saturated heterocycles. The lowest BCUT2D eigenvalue weighted by atomic mass is 9.97. The van der Waals surface area contributed by atoms with Gasteiger partial charge in [0, 0.05) is 17.3 Å². The highest BCUT2D eigenvalue weighted by atomic mass is 32.1. The summed E-state index contributed by atoms with van der Waals surface area (Å²) in [6.45, 7) is 4.81. The number of rotatable bonds is 5. The van der Waals surface area contributed by atoms with Crippen molar-refractivity contribution in [1.29, 1.82) is 0 Å². The Balaban J connectivity index is 1.56. The zero-order valence-electron chi connectivity index (χ0n) is 15.7. The van der Waals surface area contributed by atoms with Crippen LogP contribution in [0.3, 0.4) is 0 Å². The molecule has 2 aromatic heterocycles. The molecular weight excluding hydrogens is 378 g/mol. The Morgan fingerprint density at radius 1 is 1.30 bits per heavy atom. The van der Waals surface area contributed by atoms with Gasteiger partial charge in [-0.25, -0.2) is 5.01 Å². The Hall–Kier alpha value is -1.54. The first-order valence-electron chi connectivity index (χ1n) is 9.37. The van der Waals surface area contributed by atoms with Gasteiger partial charge in [-0.1, -0.05) is 12.1 Å². The summed E-state index contributed by atoms with van der Waals surface area (Å²) >= 11 is 3.33. The molecule has 27 heavy (non-hydrogen) atoms. The van der Waals surface area contributed by atoms with Crippen LogP contribution >= 0.6 is 22.7 Å². The van der Waals surface area contributed by atoms with Crippen LogP contribution < -0.4 is 0 Å². The summed E-state index contributed by atoms with van der Waals surface area (Å²) in [4.78, 5) is 17.6. The Labute approximate surface area is 167 Å². The fourth-order valence-corrected chi connectivity index (χ4v) is 5.63. The largest absolute Gasteiger partial charge is 0.389 e. The number of aliphatic hydroxyl groups is 1. The van der Waals surface area contributed by atoms with Gasteiger partial charge in [0.2, 0.25) is 0 Å². The van der Waals surface area contributed by atoms with Crippen molar-refractivity contribution in [3.63, 3.8) is 0 Å². The summed E-state index contributed by atoms with van der Waals surface area (Å²) in [7, 11) is 0. The van der Waals surface area contributed by atoms with E-state index in [0.717, 1.165) is 36.4 Å². The van der Waals surface area contributed by atoms with Crippen LogP contribution in [0.15, 0.2) is 40.1 Å². The fourth-order valence-electron chi connectivity index (χ4n) is 4.10. The van der Waals surface area contributed by atoms with Gasteiger partial charge >= 0.3 is 0 Å². The van der Waals surface area contributed by atoms with Gasteiger partial charge < -0.3 is 5.11 Å². The molecule has 0 aliphatic carbocycles.